The number of halogens is 24. The summed E-state index contributed by atoms with van der Waals surface area (Å²) in [6.07, 6.45) is -50.8. The molecule has 0 fully saturated rings. The summed E-state index contributed by atoms with van der Waals surface area (Å²) in [5.74, 6) is -0.906. The van der Waals surface area contributed by atoms with E-state index in [-0.39, 0.29) is 0 Å². The van der Waals surface area contributed by atoms with Crippen LogP contribution in [-0.4, -0.2) is 17.2 Å². The highest BCUT2D eigenvalue weighted by Crippen LogP contribution is 2.41. The topological polar surface area (TPSA) is 41.2 Å². The molecule has 0 atom stereocenters. The lowest BCUT2D eigenvalue weighted by Gasteiger charge is -2.46. The van der Waals surface area contributed by atoms with Crippen molar-refractivity contribution in [1.29, 1.82) is 0 Å². The largest absolute Gasteiger partial charge is 0.478 e. The van der Waals surface area contributed by atoms with E-state index in [9.17, 15) is 110 Å². The highest BCUT2D eigenvalue weighted by molar-refractivity contribution is 7.20. The number of benzene rings is 6. The van der Waals surface area contributed by atoms with Crippen molar-refractivity contribution in [2.24, 2.45) is 0 Å². The molecule has 7 rings (SSSR count). The molecule has 0 saturated carbocycles. The first-order valence-electron chi connectivity index (χ1n) is 21.7. The first kappa shape index (κ1) is 60.6. The van der Waals surface area contributed by atoms with Crippen LogP contribution in [0.15, 0.2) is 152 Å². The number of alkyl halides is 24. The molecule has 0 radical (unpaired) electrons. The lowest BCUT2D eigenvalue weighted by molar-refractivity contribution is -0.688. The Morgan fingerprint density at radius 3 is 0.873 bits per heavy atom. The normalized spacial score (nSPS) is 13.2. The first-order valence-corrected chi connectivity index (χ1v) is 21.7. The number of hydrogen-bond donors (Lipinski definition) is 1. The Kier molecular flexibility index (Phi) is 16.2. The minimum Gasteiger partial charge on any atom is -0.478 e. The molecule has 420 valence electrons. The van der Waals surface area contributed by atoms with Gasteiger partial charge in [-0.3, -0.25) is 0 Å². The van der Waals surface area contributed by atoms with Crippen molar-refractivity contribution in [2.75, 3.05) is 0 Å². The van der Waals surface area contributed by atoms with E-state index in [0.29, 0.717) is 5.56 Å². The van der Waals surface area contributed by atoms with E-state index in [0.717, 1.165) is 17.7 Å². The van der Waals surface area contributed by atoms with E-state index in [1.54, 1.807) is 18.2 Å². The Hall–Kier alpha value is -7.68. The molecule has 0 aliphatic heterocycles. The standard InChI is InChI=1S/C32H12BF24.C19H15NO2/c34-25(35,36)13-1-14(26(37,38)39)6-21(5-13)33(22-7-15(27(40,41)42)2-16(8-22)28(43,44)45,23-9-17(29(46,47)48)3-18(10-23)30(49,50)51)24-11-19(31(52,53)54)4-20(12-24)32(55,56)57;21-19(22)18-8-4-7-17(13-18)16-9-11-20(12-10-16)14-15-5-2-1-3-6-15/h1-12H;1-13H,14H2/q-1;/p+1. The molecule has 0 spiro atoms. The van der Waals surface area contributed by atoms with Crippen LogP contribution in [0.3, 0.4) is 0 Å². The van der Waals surface area contributed by atoms with Gasteiger partial charge < -0.3 is 5.11 Å². The van der Waals surface area contributed by atoms with Gasteiger partial charge in [-0.15, -0.1) is 0 Å². The second-order valence-electron chi connectivity index (χ2n) is 17.4. The average molecular weight is 1150 g/mol. The molecule has 0 unspecified atom stereocenters. The van der Waals surface area contributed by atoms with Crippen LogP contribution in [0.25, 0.3) is 11.1 Å². The van der Waals surface area contributed by atoms with E-state index in [2.05, 4.69) is 16.7 Å². The van der Waals surface area contributed by atoms with Crippen LogP contribution in [0.2, 0.25) is 0 Å². The van der Waals surface area contributed by atoms with Crippen molar-refractivity contribution in [2.45, 2.75) is 56.0 Å². The third-order valence-corrected chi connectivity index (χ3v) is 12.0. The summed E-state index contributed by atoms with van der Waals surface area (Å²) in [4.78, 5) is 11.0. The number of aromatic carboxylic acids is 1. The van der Waals surface area contributed by atoms with Crippen molar-refractivity contribution in [3.63, 3.8) is 0 Å². The molecule has 0 amide bonds. The first-order chi connectivity index (χ1) is 36.0. The summed E-state index contributed by atoms with van der Waals surface area (Å²) in [6, 6.07) is 12.4. The summed E-state index contributed by atoms with van der Waals surface area (Å²) in [6.45, 7) is 0.816. The van der Waals surface area contributed by atoms with Crippen LogP contribution in [0, 0.1) is 0 Å². The van der Waals surface area contributed by atoms with Crippen molar-refractivity contribution in [3.8, 4) is 11.1 Å². The molecule has 79 heavy (non-hydrogen) atoms. The zero-order valence-corrected chi connectivity index (χ0v) is 38.6. The zero-order valence-electron chi connectivity index (χ0n) is 38.6. The molecule has 1 aromatic heterocycles. The molecular formula is C51H28BF24NO2. The second kappa shape index (κ2) is 21.2. The molecule has 28 heteroatoms. The van der Waals surface area contributed by atoms with Crippen LogP contribution < -0.4 is 26.4 Å². The predicted molar refractivity (Wildman–Crippen MR) is 235 cm³/mol. The summed E-state index contributed by atoms with van der Waals surface area (Å²) in [5.41, 5.74) is -26.7. The summed E-state index contributed by atoms with van der Waals surface area (Å²) in [7, 11) is 0. The third-order valence-electron chi connectivity index (χ3n) is 12.0. The lowest BCUT2D eigenvalue weighted by Crippen LogP contribution is -2.75. The number of pyridine rings is 1. The fourth-order valence-electron chi connectivity index (χ4n) is 8.45. The summed E-state index contributed by atoms with van der Waals surface area (Å²) < 4.78 is 343. The zero-order chi connectivity index (χ0) is 59.3. The maximum absolute atomic E-state index is 14.2. The van der Waals surface area contributed by atoms with Gasteiger partial charge in [-0.2, -0.15) is 127 Å². The van der Waals surface area contributed by atoms with Crippen LogP contribution in [0.1, 0.15) is 60.4 Å². The van der Waals surface area contributed by atoms with E-state index >= 15 is 0 Å². The van der Waals surface area contributed by atoms with Crippen molar-refractivity contribution >= 4 is 34.0 Å². The molecule has 1 heterocycles. The Balaban J connectivity index is 0.000000378. The summed E-state index contributed by atoms with van der Waals surface area (Å²) in [5, 5.41) is 9.06. The van der Waals surface area contributed by atoms with Gasteiger partial charge in [0.15, 0.2) is 18.9 Å². The van der Waals surface area contributed by atoms with Gasteiger partial charge in [-0.05, 0) is 47.5 Å². The minimum absolute atomic E-state index is 0.304. The number of hydrogen-bond acceptors (Lipinski definition) is 1. The SMILES string of the molecule is FC(F)(F)c1cc([B-](c2cc(C(F)(F)F)cc(C(F)(F)F)c2)(c2cc(C(F)(F)F)cc(C(F)(F)F)c2)c2cc(C(F)(F)F)cc(C(F)(F)F)c2)cc(C(F)(F)F)c1.O=C(O)c1cccc(-c2cc[n+](Cc3ccccc3)cc2)c1. The monoisotopic (exact) mass is 1150 g/mol. The number of carboxylic acid groups (broad SMARTS) is 1. The molecule has 7 aromatic rings. The van der Waals surface area contributed by atoms with Crippen molar-refractivity contribution in [1.82, 2.24) is 0 Å². The number of aromatic nitrogens is 1. The Morgan fingerprint density at radius 1 is 0.342 bits per heavy atom. The highest BCUT2D eigenvalue weighted by Gasteiger charge is 2.47. The Bertz CT molecular complexity index is 2890. The minimum atomic E-state index is -6.13. The number of carboxylic acids is 1. The van der Waals surface area contributed by atoms with Crippen molar-refractivity contribution < 1.29 is 120 Å². The third kappa shape index (κ3) is 14.1. The quantitative estimate of drug-likeness (QED) is 0.0936. The van der Waals surface area contributed by atoms with E-state index in [1.807, 2.05) is 48.8 Å². The maximum atomic E-state index is 14.2. The van der Waals surface area contributed by atoms with Gasteiger partial charge in [0.1, 0.15) is 6.15 Å². The second-order valence-corrected chi connectivity index (χ2v) is 17.4. The lowest BCUT2D eigenvalue weighted by atomic mass is 9.12. The predicted octanol–water partition coefficient (Wildman–Crippen LogP) is 14.6. The van der Waals surface area contributed by atoms with Gasteiger partial charge in [0.2, 0.25) is 0 Å². The van der Waals surface area contributed by atoms with Crippen LogP contribution in [0.5, 0.6) is 0 Å². The average Bonchev–Trinajstić information content (AvgIpc) is 3.44. The number of carbonyl (C=O) groups is 1. The smallest absolute Gasteiger partial charge is 0.416 e. The van der Waals surface area contributed by atoms with Crippen LogP contribution in [0.4, 0.5) is 105 Å². The molecule has 0 bridgehead atoms. The maximum Gasteiger partial charge on any atom is 0.416 e. The van der Waals surface area contributed by atoms with E-state index in [1.165, 1.54) is 5.56 Å². The van der Waals surface area contributed by atoms with E-state index < -0.39 is 201 Å². The number of nitrogens with zero attached hydrogens (tertiary/aromatic N) is 1. The molecule has 0 aliphatic rings. The Morgan fingerprint density at radius 2 is 0.620 bits per heavy atom. The van der Waals surface area contributed by atoms with Gasteiger partial charge in [-0.1, -0.05) is 91.0 Å². The molecule has 0 saturated heterocycles. The Labute approximate surface area is 427 Å². The number of rotatable bonds is 8. The van der Waals surface area contributed by atoms with Gasteiger partial charge in [0, 0.05) is 17.7 Å². The van der Waals surface area contributed by atoms with Gasteiger partial charge in [0.05, 0.1) is 50.1 Å². The summed E-state index contributed by atoms with van der Waals surface area (Å²) >= 11 is 0. The molecule has 3 nitrogen and oxygen atoms in total. The fraction of sp³-hybridized carbons (Fsp3) is 0.176. The van der Waals surface area contributed by atoms with Crippen LogP contribution >= 0.6 is 0 Å². The molecule has 1 N–H and O–H groups in total. The molecular weight excluding hydrogens is 1130 g/mol. The highest BCUT2D eigenvalue weighted by atomic mass is 19.4. The van der Waals surface area contributed by atoms with Gasteiger partial charge in [-0.25, -0.2) is 9.36 Å². The molecule has 6 aromatic carbocycles. The van der Waals surface area contributed by atoms with Gasteiger partial charge in [0.25, 0.3) is 0 Å². The van der Waals surface area contributed by atoms with Crippen molar-refractivity contribution in [3.05, 3.63) is 208 Å². The van der Waals surface area contributed by atoms with Gasteiger partial charge >= 0.3 is 55.4 Å². The fourth-order valence-corrected chi connectivity index (χ4v) is 8.45. The molecule has 0 aliphatic carbocycles. The van der Waals surface area contributed by atoms with E-state index in [4.69, 9.17) is 5.11 Å². The van der Waals surface area contributed by atoms with Crippen LogP contribution in [-0.2, 0) is 56.0 Å².